The fraction of sp³-hybridized carbons (Fsp3) is 0. The standard InChI is InChI=1S/C24H17ClNO.ClHO4/c25-21-12-14-22(15-13-21)26-17-20(24(27)19-9-5-2-6-10-19)11-16-23(26)18-7-3-1-4-8-18;2-1(3,4)5/h1-17H;(H,2,3,4,5)/q+1;/p-1. The predicted octanol–water partition coefficient (Wildman–Crippen LogP) is 0.759. The van der Waals surface area contributed by atoms with Crippen LogP contribution < -0.4 is 23.2 Å². The Hall–Kier alpha value is -3.10. The van der Waals surface area contributed by atoms with Gasteiger partial charge in [0.05, 0.1) is 5.56 Å². The third kappa shape index (κ3) is 6.70. The Morgan fingerprint density at radius 1 is 0.688 bits per heavy atom. The van der Waals surface area contributed by atoms with Gasteiger partial charge in [-0.05, 0) is 30.3 Å². The molecule has 0 aliphatic heterocycles. The van der Waals surface area contributed by atoms with Gasteiger partial charge in [0.1, 0.15) is 0 Å². The molecule has 0 fully saturated rings. The van der Waals surface area contributed by atoms with Gasteiger partial charge in [0.2, 0.25) is 11.4 Å². The molecule has 0 atom stereocenters. The van der Waals surface area contributed by atoms with Crippen LogP contribution >= 0.6 is 11.6 Å². The molecule has 4 rings (SSSR count). The number of pyridine rings is 1. The first-order chi connectivity index (χ1) is 15.2. The summed E-state index contributed by atoms with van der Waals surface area (Å²) in [6.45, 7) is 0. The summed E-state index contributed by atoms with van der Waals surface area (Å²) in [6.07, 6.45) is 1.89. The predicted molar refractivity (Wildman–Crippen MR) is 108 cm³/mol. The number of halogens is 2. The molecular formula is C24H17Cl2NO5. The molecule has 0 amide bonds. The second kappa shape index (κ2) is 10.5. The molecule has 8 heteroatoms. The molecule has 0 aliphatic rings. The number of rotatable bonds is 4. The van der Waals surface area contributed by atoms with E-state index in [-0.39, 0.29) is 5.78 Å². The van der Waals surface area contributed by atoms with Gasteiger partial charge < -0.3 is 0 Å². The maximum absolute atomic E-state index is 12.9. The van der Waals surface area contributed by atoms with Crippen molar-refractivity contribution in [3.8, 4) is 16.9 Å². The molecule has 1 aromatic heterocycles. The maximum Gasteiger partial charge on any atom is 0.218 e. The summed E-state index contributed by atoms with van der Waals surface area (Å²) in [6, 6.07) is 30.9. The van der Waals surface area contributed by atoms with Crippen LogP contribution in [0.3, 0.4) is 0 Å². The van der Waals surface area contributed by atoms with E-state index in [1.165, 1.54) is 0 Å². The Labute approximate surface area is 192 Å². The molecule has 4 aromatic rings. The van der Waals surface area contributed by atoms with E-state index in [2.05, 4.69) is 12.1 Å². The topological polar surface area (TPSA) is 113 Å². The van der Waals surface area contributed by atoms with Gasteiger partial charge in [-0.1, -0.05) is 60.1 Å². The van der Waals surface area contributed by atoms with Crippen LogP contribution in [0.25, 0.3) is 16.9 Å². The van der Waals surface area contributed by atoms with Crippen LogP contribution in [-0.2, 0) is 0 Å². The minimum atomic E-state index is -4.94. The molecular weight excluding hydrogens is 453 g/mol. The third-order valence-electron chi connectivity index (χ3n) is 4.42. The van der Waals surface area contributed by atoms with E-state index in [9.17, 15) is 4.79 Å². The van der Waals surface area contributed by atoms with Crippen molar-refractivity contribution in [3.63, 3.8) is 0 Å². The third-order valence-corrected chi connectivity index (χ3v) is 4.67. The first-order valence-corrected chi connectivity index (χ1v) is 10.9. The maximum atomic E-state index is 12.9. The van der Waals surface area contributed by atoms with Crippen molar-refractivity contribution in [2.45, 2.75) is 0 Å². The number of carbonyl (C=O) groups excluding carboxylic acids is 1. The minimum Gasteiger partial charge on any atom is -0.288 e. The number of ketones is 1. The lowest BCUT2D eigenvalue weighted by Crippen LogP contribution is -2.68. The van der Waals surface area contributed by atoms with E-state index in [1.807, 2.05) is 95.7 Å². The smallest absolute Gasteiger partial charge is 0.218 e. The number of hydrogen-bond acceptors (Lipinski definition) is 5. The number of hydrogen-bond donors (Lipinski definition) is 0. The average molecular weight is 470 g/mol. The molecule has 0 N–H and O–H groups in total. The normalized spacial score (nSPS) is 10.8. The summed E-state index contributed by atoms with van der Waals surface area (Å²) in [4.78, 5) is 12.9. The van der Waals surface area contributed by atoms with Gasteiger partial charge in [-0.25, -0.2) is 18.6 Å². The summed E-state index contributed by atoms with van der Waals surface area (Å²) < 4.78 is 36.0. The average Bonchev–Trinajstić information content (AvgIpc) is 2.79. The van der Waals surface area contributed by atoms with Crippen LogP contribution in [0.4, 0.5) is 0 Å². The highest BCUT2D eigenvalue weighted by Gasteiger charge is 2.20. The Kier molecular flexibility index (Phi) is 7.71. The van der Waals surface area contributed by atoms with Crippen LogP contribution in [0.1, 0.15) is 15.9 Å². The van der Waals surface area contributed by atoms with Gasteiger partial charge in [-0.3, -0.25) is 4.79 Å². The fourth-order valence-corrected chi connectivity index (χ4v) is 3.18. The Morgan fingerprint density at radius 2 is 1.22 bits per heavy atom. The monoisotopic (exact) mass is 469 g/mol. The zero-order valence-electron chi connectivity index (χ0n) is 16.6. The van der Waals surface area contributed by atoms with Crippen LogP contribution in [-0.4, -0.2) is 5.78 Å². The largest absolute Gasteiger partial charge is 0.288 e. The zero-order valence-corrected chi connectivity index (χ0v) is 18.1. The van der Waals surface area contributed by atoms with Crippen molar-refractivity contribution in [3.05, 3.63) is 119 Å². The number of carbonyl (C=O) groups is 1. The second-order valence-electron chi connectivity index (χ2n) is 6.59. The van der Waals surface area contributed by atoms with Crippen molar-refractivity contribution in [2.75, 3.05) is 0 Å². The van der Waals surface area contributed by atoms with E-state index < -0.39 is 10.2 Å². The quantitative estimate of drug-likeness (QED) is 0.323. The van der Waals surface area contributed by atoms with Crippen molar-refractivity contribution < 1.29 is 38.2 Å². The van der Waals surface area contributed by atoms with Crippen LogP contribution in [0.15, 0.2) is 103 Å². The number of aromatic nitrogens is 1. The molecule has 0 aliphatic carbocycles. The lowest BCUT2D eigenvalue weighted by atomic mass is 10.0. The summed E-state index contributed by atoms with van der Waals surface area (Å²) in [5, 5.41) is 0.678. The summed E-state index contributed by atoms with van der Waals surface area (Å²) >= 11 is 6.05. The highest BCUT2D eigenvalue weighted by Crippen LogP contribution is 2.19. The van der Waals surface area contributed by atoms with Crippen LogP contribution in [0, 0.1) is 10.2 Å². The van der Waals surface area contributed by atoms with E-state index in [4.69, 9.17) is 30.2 Å². The highest BCUT2D eigenvalue weighted by molar-refractivity contribution is 6.30. The molecule has 32 heavy (non-hydrogen) atoms. The van der Waals surface area contributed by atoms with Crippen LogP contribution in [0.5, 0.6) is 0 Å². The van der Waals surface area contributed by atoms with Crippen molar-refractivity contribution in [1.29, 1.82) is 0 Å². The molecule has 0 spiro atoms. The fourth-order valence-electron chi connectivity index (χ4n) is 3.05. The Morgan fingerprint density at radius 3 is 1.78 bits per heavy atom. The second-order valence-corrected chi connectivity index (χ2v) is 7.78. The molecule has 6 nitrogen and oxygen atoms in total. The van der Waals surface area contributed by atoms with Gasteiger partial charge in [0.25, 0.3) is 0 Å². The molecule has 1 heterocycles. The minimum absolute atomic E-state index is 0.00192. The summed E-state index contributed by atoms with van der Waals surface area (Å²) in [5.41, 5.74) is 4.33. The Balaban J connectivity index is 0.000000523. The lowest BCUT2D eigenvalue weighted by molar-refractivity contribution is -2.00. The van der Waals surface area contributed by atoms with Gasteiger partial charge >= 0.3 is 0 Å². The van der Waals surface area contributed by atoms with E-state index in [1.54, 1.807) is 0 Å². The number of benzene rings is 3. The van der Waals surface area contributed by atoms with Crippen molar-refractivity contribution in [2.24, 2.45) is 0 Å². The SMILES string of the molecule is O=C(c1ccccc1)c1ccc(-c2ccccc2)[n+](-c2ccc(Cl)cc2)c1.[O-][Cl+3]([O-])([O-])[O-]. The van der Waals surface area contributed by atoms with Gasteiger partial charge in [0, 0.05) is 34.3 Å². The number of nitrogens with zero attached hydrogens (tertiary/aromatic N) is 1. The Bertz CT molecular complexity index is 1170. The molecule has 0 bridgehead atoms. The molecule has 3 aromatic carbocycles. The first kappa shape index (κ1) is 23.6. The van der Waals surface area contributed by atoms with Crippen molar-refractivity contribution >= 4 is 17.4 Å². The van der Waals surface area contributed by atoms with Gasteiger partial charge in [-0.15, -0.1) is 10.2 Å². The summed E-state index contributed by atoms with van der Waals surface area (Å²) in [7, 11) is -4.94. The summed E-state index contributed by atoms with van der Waals surface area (Å²) in [5.74, 6) is -0.00192. The van der Waals surface area contributed by atoms with Crippen molar-refractivity contribution in [1.82, 2.24) is 0 Å². The molecule has 0 saturated heterocycles. The molecule has 0 unspecified atom stereocenters. The van der Waals surface area contributed by atoms with Gasteiger partial charge in [-0.2, -0.15) is 4.57 Å². The molecule has 0 radical (unpaired) electrons. The first-order valence-electron chi connectivity index (χ1n) is 9.31. The van der Waals surface area contributed by atoms with E-state index >= 15 is 0 Å². The van der Waals surface area contributed by atoms with Gasteiger partial charge in [0.15, 0.2) is 12.0 Å². The lowest BCUT2D eigenvalue weighted by Gasteiger charge is -2.17. The molecule has 162 valence electrons. The van der Waals surface area contributed by atoms with E-state index in [0.29, 0.717) is 16.1 Å². The molecule has 0 saturated carbocycles. The van der Waals surface area contributed by atoms with Crippen LogP contribution in [0.2, 0.25) is 5.02 Å². The highest BCUT2D eigenvalue weighted by atomic mass is 35.7. The van der Waals surface area contributed by atoms with E-state index in [0.717, 1.165) is 16.9 Å². The zero-order chi connectivity index (χ0) is 23.1.